The number of aromatic amines is 1. The van der Waals surface area contributed by atoms with Crippen molar-refractivity contribution in [3.05, 3.63) is 42.4 Å². The van der Waals surface area contributed by atoms with Gasteiger partial charge in [-0.15, -0.1) is 0 Å². The van der Waals surface area contributed by atoms with Crippen LogP contribution in [-0.2, 0) is 4.74 Å². The fourth-order valence-corrected chi connectivity index (χ4v) is 4.29. The molecule has 6 rings (SSSR count). The predicted octanol–water partition coefficient (Wildman–Crippen LogP) is 2.89. The summed E-state index contributed by atoms with van der Waals surface area (Å²) in [6, 6.07) is 8.39. The van der Waals surface area contributed by atoms with Crippen LogP contribution in [0.1, 0.15) is 31.4 Å². The second-order valence-electron chi connectivity index (χ2n) is 8.31. The Morgan fingerprint density at radius 2 is 2.03 bits per heavy atom. The van der Waals surface area contributed by atoms with Crippen molar-refractivity contribution in [1.82, 2.24) is 29.9 Å². The van der Waals surface area contributed by atoms with Crippen molar-refractivity contribution >= 4 is 22.7 Å². The molecular weight excluding hydrogens is 392 g/mol. The number of fused-ring (bicyclic) bond motifs is 1. The van der Waals surface area contributed by atoms with E-state index < -0.39 is 0 Å². The number of ether oxygens (including phenoxy) is 1. The SMILES string of the molecule is C[C@@H]1COCCN1c1cc(-c2ccc(C3CC3)nc2N)c2cnn(-c3cc[nH]n3)c2n1. The van der Waals surface area contributed by atoms with E-state index in [1.165, 1.54) is 12.8 Å². The van der Waals surface area contributed by atoms with E-state index in [2.05, 4.69) is 45.3 Å². The van der Waals surface area contributed by atoms with Crippen LogP contribution >= 0.6 is 0 Å². The monoisotopic (exact) mass is 416 g/mol. The minimum atomic E-state index is 0.223. The molecule has 0 aromatic carbocycles. The number of hydrogen-bond acceptors (Lipinski definition) is 7. The fraction of sp³-hybridized carbons (Fsp3) is 0.364. The maximum atomic E-state index is 6.46. The normalized spacial score (nSPS) is 19.3. The van der Waals surface area contributed by atoms with Gasteiger partial charge >= 0.3 is 0 Å². The zero-order valence-corrected chi connectivity index (χ0v) is 17.3. The van der Waals surface area contributed by atoms with Crippen LogP contribution in [0.15, 0.2) is 36.7 Å². The third-order valence-corrected chi connectivity index (χ3v) is 6.12. The van der Waals surface area contributed by atoms with Gasteiger partial charge in [0.05, 0.1) is 25.5 Å². The Morgan fingerprint density at radius 1 is 1.13 bits per heavy atom. The molecule has 5 heterocycles. The number of nitrogens with two attached hydrogens (primary N) is 1. The second-order valence-corrected chi connectivity index (χ2v) is 8.31. The smallest absolute Gasteiger partial charge is 0.177 e. The average molecular weight is 416 g/mol. The summed E-state index contributed by atoms with van der Waals surface area (Å²) in [4.78, 5) is 12.0. The lowest BCUT2D eigenvalue weighted by Crippen LogP contribution is -2.44. The van der Waals surface area contributed by atoms with Gasteiger partial charge in [0.2, 0.25) is 0 Å². The molecular formula is C22H24N8O. The summed E-state index contributed by atoms with van der Waals surface area (Å²) in [7, 11) is 0. The molecule has 31 heavy (non-hydrogen) atoms. The molecule has 4 aromatic rings. The van der Waals surface area contributed by atoms with Gasteiger partial charge in [0.1, 0.15) is 11.6 Å². The first-order valence-corrected chi connectivity index (χ1v) is 10.7. The molecule has 2 fully saturated rings. The van der Waals surface area contributed by atoms with Crippen molar-refractivity contribution in [1.29, 1.82) is 0 Å². The van der Waals surface area contributed by atoms with Crippen molar-refractivity contribution in [3.63, 3.8) is 0 Å². The topological polar surface area (TPSA) is 111 Å². The number of H-pyrrole nitrogens is 1. The Morgan fingerprint density at radius 3 is 2.77 bits per heavy atom. The molecule has 0 bridgehead atoms. The number of rotatable bonds is 4. The largest absolute Gasteiger partial charge is 0.383 e. The Hall–Kier alpha value is -3.46. The summed E-state index contributed by atoms with van der Waals surface area (Å²) < 4.78 is 7.39. The van der Waals surface area contributed by atoms with Gasteiger partial charge in [0.25, 0.3) is 0 Å². The van der Waals surface area contributed by atoms with E-state index in [1.54, 1.807) is 10.9 Å². The maximum absolute atomic E-state index is 6.46. The minimum Gasteiger partial charge on any atom is -0.383 e. The van der Waals surface area contributed by atoms with E-state index in [0.29, 0.717) is 30.8 Å². The van der Waals surface area contributed by atoms with E-state index >= 15 is 0 Å². The molecule has 0 unspecified atom stereocenters. The molecule has 4 aromatic heterocycles. The van der Waals surface area contributed by atoms with Crippen LogP contribution < -0.4 is 10.6 Å². The summed E-state index contributed by atoms with van der Waals surface area (Å²) in [5.74, 6) is 2.67. The Labute approximate surface area is 179 Å². The highest BCUT2D eigenvalue weighted by molar-refractivity contribution is 5.97. The first-order valence-electron chi connectivity index (χ1n) is 10.7. The summed E-state index contributed by atoms with van der Waals surface area (Å²) in [5, 5.41) is 12.6. The number of nitrogens with zero attached hydrogens (tertiary/aromatic N) is 6. The summed E-state index contributed by atoms with van der Waals surface area (Å²) in [5.41, 5.74) is 10.2. The number of anilines is 2. The molecule has 1 aliphatic heterocycles. The highest BCUT2D eigenvalue weighted by Crippen LogP contribution is 2.41. The van der Waals surface area contributed by atoms with Crippen LogP contribution in [0.3, 0.4) is 0 Å². The van der Waals surface area contributed by atoms with Crippen molar-refractivity contribution in [2.75, 3.05) is 30.4 Å². The van der Waals surface area contributed by atoms with Crippen molar-refractivity contribution in [2.45, 2.75) is 31.7 Å². The van der Waals surface area contributed by atoms with Gasteiger partial charge in [-0.05, 0) is 38.0 Å². The number of aromatic nitrogens is 6. The molecule has 0 amide bonds. The lowest BCUT2D eigenvalue weighted by molar-refractivity contribution is 0.0986. The van der Waals surface area contributed by atoms with E-state index in [1.807, 2.05) is 12.3 Å². The predicted molar refractivity (Wildman–Crippen MR) is 118 cm³/mol. The zero-order chi connectivity index (χ0) is 20.9. The molecule has 1 aliphatic carbocycles. The number of nitrogen functional groups attached to an aromatic ring is 1. The quantitative estimate of drug-likeness (QED) is 0.526. The Balaban J connectivity index is 1.55. The van der Waals surface area contributed by atoms with Crippen LogP contribution in [0, 0.1) is 0 Å². The fourth-order valence-electron chi connectivity index (χ4n) is 4.29. The zero-order valence-electron chi connectivity index (χ0n) is 17.3. The molecule has 3 N–H and O–H groups in total. The van der Waals surface area contributed by atoms with E-state index in [4.69, 9.17) is 20.4 Å². The maximum Gasteiger partial charge on any atom is 0.177 e. The summed E-state index contributed by atoms with van der Waals surface area (Å²) >= 11 is 0. The number of hydrogen-bond donors (Lipinski definition) is 2. The van der Waals surface area contributed by atoms with E-state index in [0.717, 1.165) is 40.2 Å². The average Bonchev–Trinajstić information content (AvgIpc) is 3.31. The van der Waals surface area contributed by atoms with Gasteiger partial charge in [-0.25, -0.2) is 9.97 Å². The molecule has 0 spiro atoms. The lowest BCUT2D eigenvalue weighted by Gasteiger charge is -2.34. The highest BCUT2D eigenvalue weighted by atomic mass is 16.5. The molecule has 9 heteroatoms. The third-order valence-electron chi connectivity index (χ3n) is 6.12. The van der Waals surface area contributed by atoms with E-state index in [-0.39, 0.29) is 6.04 Å². The molecule has 1 saturated carbocycles. The first kappa shape index (κ1) is 18.3. The second kappa shape index (κ2) is 7.05. The lowest BCUT2D eigenvalue weighted by atomic mass is 10.0. The van der Waals surface area contributed by atoms with Gasteiger partial charge in [0, 0.05) is 46.9 Å². The van der Waals surface area contributed by atoms with Gasteiger partial charge in [-0.1, -0.05) is 0 Å². The van der Waals surface area contributed by atoms with Crippen molar-refractivity contribution < 1.29 is 4.74 Å². The van der Waals surface area contributed by atoms with Crippen LogP contribution in [0.25, 0.3) is 28.0 Å². The minimum absolute atomic E-state index is 0.223. The molecule has 1 saturated heterocycles. The molecule has 158 valence electrons. The highest BCUT2D eigenvalue weighted by Gasteiger charge is 2.27. The van der Waals surface area contributed by atoms with Crippen LogP contribution in [0.2, 0.25) is 0 Å². The Kier molecular flexibility index (Phi) is 4.17. The molecule has 1 atom stereocenters. The third kappa shape index (κ3) is 3.12. The molecule has 0 radical (unpaired) electrons. The molecule has 9 nitrogen and oxygen atoms in total. The summed E-state index contributed by atoms with van der Waals surface area (Å²) in [6.45, 7) is 4.28. The van der Waals surface area contributed by atoms with Crippen molar-refractivity contribution in [2.24, 2.45) is 0 Å². The van der Waals surface area contributed by atoms with Gasteiger partial charge in [0.15, 0.2) is 11.5 Å². The number of morpholine rings is 1. The first-order chi connectivity index (χ1) is 15.2. The van der Waals surface area contributed by atoms with Gasteiger partial charge in [-0.2, -0.15) is 14.9 Å². The van der Waals surface area contributed by atoms with Gasteiger partial charge in [-0.3, -0.25) is 5.10 Å². The summed E-state index contributed by atoms with van der Waals surface area (Å²) in [6.07, 6.45) is 5.99. The van der Waals surface area contributed by atoms with Crippen LogP contribution in [-0.4, -0.2) is 55.7 Å². The molecule has 2 aliphatic rings. The Bertz CT molecular complexity index is 1240. The standard InChI is InChI=1S/C22H24N8O/c1-13-12-31-9-8-29(13)20-10-16(15-4-5-18(14-2-3-14)26-21(15)23)17-11-25-30(22(17)27-20)19-6-7-24-28-19/h4-7,10-11,13-14H,2-3,8-9,12H2,1H3,(H2,23,26)(H,24,28)/t13-/m1/s1. The van der Waals surface area contributed by atoms with Crippen molar-refractivity contribution in [3.8, 4) is 16.9 Å². The van der Waals surface area contributed by atoms with E-state index in [9.17, 15) is 0 Å². The van der Waals surface area contributed by atoms with Gasteiger partial charge < -0.3 is 15.4 Å². The van der Waals surface area contributed by atoms with Crippen LogP contribution in [0.4, 0.5) is 11.6 Å². The number of pyridine rings is 2. The van der Waals surface area contributed by atoms with Crippen LogP contribution in [0.5, 0.6) is 0 Å². The number of nitrogens with one attached hydrogen (secondary N) is 1.